The topological polar surface area (TPSA) is 18.5 Å². The van der Waals surface area contributed by atoms with Gasteiger partial charge in [0.25, 0.3) is 0 Å². The van der Waals surface area contributed by atoms with E-state index in [1.54, 1.807) is 14.2 Å². The van der Waals surface area contributed by atoms with Crippen molar-refractivity contribution in [2.75, 3.05) is 14.2 Å². The van der Waals surface area contributed by atoms with Gasteiger partial charge in [0.1, 0.15) is 0 Å². The Morgan fingerprint density at radius 1 is 0.579 bits per heavy atom. The summed E-state index contributed by atoms with van der Waals surface area (Å²) in [6.45, 7) is 1.35. The van der Waals surface area contributed by atoms with Gasteiger partial charge in [0.2, 0.25) is 0 Å². The number of benzene rings is 2. The van der Waals surface area contributed by atoms with Crippen molar-refractivity contribution in [1.29, 1.82) is 0 Å². The van der Waals surface area contributed by atoms with Gasteiger partial charge in [-0.2, -0.15) is 0 Å². The molecule has 0 aliphatic rings. The van der Waals surface area contributed by atoms with Crippen LogP contribution in [0.15, 0.2) is 48.5 Å². The zero-order valence-corrected chi connectivity index (χ0v) is 11.6. The molecule has 19 heavy (non-hydrogen) atoms. The first-order valence-corrected chi connectivity index (χ1v) is 6.45. The Morgan fingerprint density at radius 2 is 0.895 bits per heavy atom. The Morgan fingerprint density at radius 3 is 1.21 bits per heavy atom. The first-order chi connectivity index (χ1) is 9.31. The second-order valence-electron chi connectivity index (χ2n) is 4.68. The van der Waals surface area contributed by atoms with E-state index in [0.29, 0.717) is 13.2 Å². The van der Waals surface area contributed by atoms with E-state index in [9.17, 15) is 0 Å². The molecule has 0 spiro atoms. The smallest absolute Gasteiger partial charge is 0.0713 e. The highest BCUT2D eigenvalue weighted by Crippen LogP contribution is 2.13. The summed E-state index contributed by atoms with van der Waals surface area (Å²) >= 11 is 0. The minimum Gasteiger partial charge on any atom is -0.380 e. The molecule has 0 aliphatic carbocycles. The van der Waals surface area contributed by atoms with Crippen LogP contribution >= 0.6 is 0 Å². The van der Waals surface area contributed by atoms with Crippen LogP contribution in [0.4, 0.5) is 0 Å². The third kappa shape index (κ3) is 4.19. The molecule has 0 N–H and O–H groups in total. The van der Waals surface area contributed by atoms with E-state index in [4.69, 9.17) is 9.47 Å². The van der Waals surface area contributed by atoms with Gasteiger partial charge in [0.15, 0.2) is 0 Å². The van der Waals surface area contributed by atoms with Crippen LogP contribution in [0.5, 0.6) is 0 Å². The van der Waals surface area contributed by atoms with Crippen molar-refractivity contribution < 1.29 is 9.47 Å². The van der Waals surface area contributed by atoms with Gasteiger partial charge in [-0.1, -0.05) is 48.5 Å². The molecule has 0 aromatic heterocycles. The third-order valence-corrected chi connectivity index (χ3v) is 3.08. The molecule has 2 aromatic rings. The number of ether oxygens (including phenoxy) is 2. The number of methoxy groups -OCH3 is 2. The fourth-order valence-corrected chi connectivity index (χ4v) is 2.08. The highest BCUT2D eigenvalue weighted by Gasteiger charge is 1.98. The van der Waals surface area contributed by atoms with E-state index in [1.165, 1.54) is 22.3 Å². The molecule has 0 heterocycles. The predicted octanol–water partition coefficient (Wildman–Crippen LogP) is 3.57. The SMILES string of the molecule is COCc1ccc(Cc2ccc(COC)cc2)cc1. The molecule has 0 amide bonds. The third-order valence-electron chi connectivity index (χ3n) is 3.08. The van der Waals surface area contributed by atoms with Crippen LogP contribution in [-0.2, 0) is 29.1 Å². The highest BCUT2D eigenvalue weighted by atomic mass is 16.5. The lowest BCUT2D eigenvalue weighted by Crippen LogP contribution is -1.92. The summed E-state index contributed by atoms with van der Waals surface area (Å²) in [6, 6.07) is 17.1. The Bertz CT molecular complexity index is 438. The number of rotatable bonds is 6. The summed E-state index contributed by atoms with van der Waals surface area (Å²) in [4.78, 5) is 0. The molecule has 2 aromatic carbocycles. The van der Waals surface area contributed by atoms with Gasteiger partial charge in [0, 0.05) is 14.2 Å². The zero-order valence-electron chi connectivity index (χ0n) is 11.6. The van der Waals surface area contributed by atoms with Gasteiger partial charge in [-0.3, -0.25) is 0 Å². The summed E-state index contributed by atoms with van der Waals surface area (Å²) in [5.41, 5.74) is 5.06. The maximum Gasteiger partial charge on any atom is 0.0713 e. The van der Waals surface area contributed by atoms with Gasteiger partial charge in [-0.05, 0) is 28.7 Å². The minimum absolute atomic E-state index is 0.673. The van der Waals surface area contributed by atoms with Crippen LogP contribution in [0, 0.1) is 0 Å². The molecule has 0 saturated carbocycles. The molecule has 0 atom stereocenters. The van der Waals surface area contributed by atoms with Crippen LogP contribution in [-0.4, -0.2) is 14.2 Å². The largest absolute Gasteiger partial charge is 0.380 e. The van der Waals surface area contributed by atoms with Gasteiger partial charge in [-0.15, -0.1) is 0 Å². The molecule has 0 unspecified atom stereocenters. The lowest BCUT2D eigenvalue weighted by atomic mass is 10.0. The predicted molar refractivity (Wildman–Crippen MR) is 77.1 cm³/mol. The van der Waals surface area contributed by atoms with E-state index in [0.717, 1.165) is 6.42 Å². The fraction of sp³-hybridized carbons (Fsp3) is 0.294. The summed E-state index contributed by atoms with van der Waals surface area (Å²) in [5.74, 6) is 0. The number of hydrogen-bond acceptors (Lipinski definition) is 2. The van der Waals surface area contributed by atoms with Crippen molar-refractivity contribution in [2.45, 2.75) is 19.6 Å². The Kier molecular flexibility index (Phi) is 5.13. The fourth-order valence-electron chi connectivity index (χ4n) is 2.08. The summed E-state index contributed by atoms with van der Waals surface area (Å²) in [7, 11) is 3.44. The molecule has 2 nitrogen and oxygen atoms in total. The highest BCUT2D eigenvalue weighted by molar-refractivity contribution is 5.30. The Hall–Kier alpha value is -1.64. The van der Waals surface area contributed by atoms with Crippen LogP contribution in [0.3, 0.4) is 0 Å². The van der Waals surface area contributed by atoms with Crippen molar-refractivity contribution in [3.8, 4) is 0 Å². The van der Waals surface area contributed by atoms with Gasteiger partial charge >= 0.3 is 0 Å². The van der Waals surface area contributed by atoms with E-state index in [2.05, 4.69) is 48.5 Å². The van der Waals surface area contributed by atoms with Crippen LogP contribution in [0.25, 0.3) is 0 Å². The zero-order chi connectivity index (χ0) is 13.5. The first kappa shape index (κ1) is 13.8. The Labute approximate surface area is 115 Å². The van der Waals surface area contributed by atoms with E-state index < -0.39 is 0 Å². The number of hydrogen-bond donors (Lipinski definition) is 0. The molecule has 2 heteroatoms. The lowest BCUT2D eigenvalue weighted by molar-refractivity contribution is 0.185. The average Bonchev–Trinajstić information content (AvgIpc) is 2.44. The van der Waals surface area contributed by atoms with Gasteiger partial charge in [-0.25, -0.2) is 0 Å². The van der Waals surface area contributed by atoms with E-state index in [1.807, 2.05) is 0 Å². The summed E-state index contributed by atoms with van der Waals surface area (Å²) < 4.78 is 10.2. The van der Waals surface area contributed by atoms with Crippen LogP contribution in [0.2, 0.25) is 0 Å². The van der Waals surface area contributed by atoms with Crippen molar-refractivity contribution >= 4 is 0 Å². The molecule has 0 fully saturated rings. The van der Waals surface area contributed by atoms with E-state index >= 15 is 0 Å². The first-order valence-electron chi connectivity index (χ1n) is 6.45. The summed E-state index contributed by atoms with van der Waals surface area (Å²) in [6.07, 6.45) is 0.959. The van der Waals surface area contributed by atoms with Crippen molar-refractivity contribution in [3.63, 3.8) is 0 Å². The van der Waals surface area contributed by atoms with Gasteiger partial charge in [0.05, 0.1) is 13.2 Å². The molecule has 2 rings (SSSR count). The molecule has 0 radical (unpaired) electrons. The average molecular weight is 256 g/mol. The monoisotopic (exact) mass is 256 g/mol. The second kappa shape index (κ2) is 7.07. The maximum absolute atomic E-state index is 5.11. The van der Waals surface area contributed by atoms with Crippen LogP contribution in [0.1, 0.15) is 22.3 Å². The molecule has 100 valence electrons. The molecular weight excluding hydrogens is 236 g/mol. The maximum atomic E-state index is 5.11. The van der Waals surface area contributed by atoms with E-state index in [-0.39, 0.29) is 0 Å². The summed E-state index contributed by atoms with van der Waals surface area (Å²) in [5, 5.41) is 0. The van der Waals surface area contributed by atoms with Crippen molar-refractivity contribution in [2.24, 2.45) is 0 Å². The second-order valence-corrected chi connectivity index (χ2v) is 4.68. The Balaban J connectivity index is 1.99. The standard InChI is InChI=1S/C17H20O2/c1-18-12-16-7-3-14(4-8-16)11-15-5-9-17(10-6-15)13-19-2/h3-10H,11-13H2,1-2H3. The molecule has 0 aliphatic heterocycles. The van der Waals surface area contributed by atoms with Crippen LogP contribution < -0.4 is 0 Å². The minimum atomic E-state index is 0.673. The molecule has 0 saturated heterocycles. The normalized spacial score (nSPS) is 10.6. The molecular formula is C17H20O2. The molecule has 0 bridgehead atoms. The van der Waals surface area contributed by atoms with Crippen molar-refractivity contribution in [3.05, 3.63) is 70.8 Å². The van der Waals surface area contributed by atoms with Crippen molar-refractivity contribution in [1.82, 2.24) is 0 Å². The lowest BCUT2D eigenvalue weighted by Gasteiger charge is -2.05. The van der Waals surface area contributed by atoms with Gasteiger partial charge < -0.3 is 9.47 Å². The quantitative estimate of drug-likeness (QED) is 0.786.